The number of hydrogen-bond donors (Lipinski definition) is 2. The van der Waals surface area contributed by atoms with Crippen LogP contribution in [0.1, 0.15) is 29.7 Å². The zero-order valence-electron chi connectivity index (χ0n) is 11.5. The minimum atomic E-state index is -0.272. The number of aryl methyl sites for hydroxylation is 2. The van der Waals surface area contributed by atoms with E-state index >= 15 is 0 Å². The lowest BCUT2D eigenvalue weighted by atomic mass is 10.0. The van der Waals surface area contributed by atoms with Crippen molar-refractivity contribution in [2.24, 2.45) is 0 Å². The molecule has 0 spiro atoms. The van der Waals surface area contributed by atoms with Crippen molar-refractivity contribution in [3.63, 3.8) is 0 Å². The van der Waals surface area contributed by atoms with Gasteiger partial charge in [-0.05, 0) is 49.6 Å². The SMILES string of the molecule is Cc1cc(NC(C)c2ccccc2C)c(N)cc1F. The number of benzene rings is 2. The summed E-state index contributed by atoms with van der Waals surface area (Å²) >= 11 is 0. The maximum Gasteiger partial charge on any atom is 0.128 e. The zero-order valence-corrected chi connectivity index (χ0v) is 11.5. The van der Waals surface area contributed by atoms with Crippen LogP contribution in [0.2, 0.25) is 0 Å². The molecule has 19 heavy (non-hydrogen) atoms. The van der Waals surface area contributed by atoms with Crippen molar-refractivity contribution in [1.82, 2.24) is 0 Å². The molecule has 3 heteroatoms. The van der Waals surface area contributed by atoms with E-state index in [1.165, 1.54) is 17.2 Å². The number of nitrogen functional groups attached to an aromatic ring is 1. The van der Waals surface area contributed by atoms with Gasteiger partial charge in [-0.3, -0.25) is 0 Å². The topological polar surface area (TPSA) is 38.0 Å². The molecule has 2 aromatic carbocycles. The molecule has 0 bridgehead atoms. The third kappa shape index (κ3) is 2.87. The van der Waals surface area contributed by atoms with Gasteiger partial charge in [0.25, 0.3) is 0 Å². The van der Waals surface area contributed by atoms with Crippen molar-refractivity contribution in [3.05, 3.63) is 58.9 Å². The number of hydrogen-bond acceptors (Lipinski definition) is 2. The van der Waals surface area contributed by atoms with Crippen LogP contribution in [0.15, 0.2) is 36.4 Å². The summed E-state index contributed by atoms with van der Waals surface area (Å²) in [4.78, 5) is 0. The van der Waals surface area contributed by atoms with Gasteiger partial charge in [-0.25, -0.2) is 4.39 Å². The van der Waals surface area contributed by atoms with E-state index in [9.17, 15) is 4.39 Å². The van der Waals surface area contributed by atoms with Gasteiger partial charge in [-0.2, -0.15) is 0 Å². The summed E-state index contributed by atoms with van der Waals surface area (Å²) in [5, 5.41) is 3.34. The fourth-order valence-corrected chi connectivity index (χ4v) is 2.21. The first kappa shape index (κ1) is 13.4. The molecule has 100 valence electrons. The van der Waals surface area contributed by atoms with Crippen LogP contribution in [0.4, 0.5) is 15.8 Å². The molecule has 1 unspecified atom stereocenters. The summed E-state index contributed by atoms with van der Waals surface area (Å²) in [5.74, 6) is -0.272. The molecule has 0 saturated heterocycles. The highest BCUT2D eigenvalue weighted by molar-refractivity contribution is 5.68. The summed E-state index contributed by atoms with van der Waals surface area (Å²) in [7, 11) is 0. The van der Waals surface area contributed by atoms with Crippen LogP contribution in [0.25, 0.3) is 0 Å². The smallest absolute Gasteiger partial charge is 0.128 e. The predicted molar refractivity (Wildman–Crippen MR) is 78.8 cm³/mol. The molecule has 0 aromatic heterocycles. The normalized spacial score (nSPS) is 12.2. The Morgan fingerprint density at radius 1 is 1.11 bits per heavy atom. The van der Waals surface area contributed by atoms with Crippen LogP contribution in [0, 0.1) is 19.7 Å². The van der Waals surface area contributed by atoms with Crippen LogP contribution in [-0.2, 0) is 0 Å². The minimum absolute atomic E-state index is 0.119. The van der Waals surface area contributed by atoms with E-state index in [-0.39, 0.29) is 11.9 Å². The van der Waals surface area contributed by atoms with Crippen molar-refractivity contribution in [1.29, 1.82) is 0 Å². The van der Waals surface area contributed by atoms with Crippen molar-refractivity contribution in [3.8, 4) is 0 Å². The van der Waals surface area contributed by atoms with Gasteiger partial charge in [-0.1, -0.05) is 24.3 Å². The number of rotatable bonds is 3. The largest absolute Gasteiger partial charge is 0.397 e. The highest BCUT2D eigenvalue weighted by atomic mass is 19.1. The molecule has 0 saturated carbocycles. The van der Waals surface area contributed by atoms with E-state index in [4.69, 9.17) is 5.73 Å². The standard InChI is InChI=1S/C16H19FN2/c1-10-6-4-5-7-13(10)12(3)19-16-8-11(2)14(17)9-15(16)18/h4-9,12,19H,18H2,1-3H3. The second kappa shape index (κ2) is 5.31. The van der Waals surface area contributed by atoms with Crippen molar-refractivity contribution < 1.29 is 4.39 Å². The van der Waals surface area contributed by atoms with Gasteiger partial charge < -0.3 is 11.1 Å². The molecule has 3 N–H and O–H groups in total. The summed E-state index contributed by atoms with van der Waals surface area (Å²) in [5.41, 5.74) is 10.1. The fraction of sp³-hybridized carbons (Fsp3) is 0.250. The number of anilines is 2. The summed E-state index contributed by atoms with van der Waals surface area (Å²) in [6, 6.07) is 11.4. The lowest BCUT2D eigenvalue weighted by Crippen LogP contribution is -2.10. The monoisotopic (exact) mass is 258 g/mol. The van der Waals surface area contributed by atoms with E-state index in [2.05, 4.69) is 31.3 Å². The Kier molecular flexibility index (Phi) is 3.74. The number of halogens is 1. The molecular weight excluding hydrogens is 239 g/mol. The number of nitrogens with two attached hydrogens (primary N) is 1. The molecular formula is C16H19FN2. The van der Waals surface area contributed by atoms with E-state index in [1.807, 2.05) is 12.1 Å². The first-order chi connectivity index (χ1) is 8.99. The van der Waals surface area contributed by atoms with Crippen molar-refractivity contribution >= 4 is 11.4 Å². The van der Waals surface area contributed by atoms with Gasteiger partial charge >= 0.3 is 0 Å². The van der Waals surface area contributed by atoms with Gasteiger partial charge in [0.1, 0.15) is 5.82 Å². The lowest BCUT2D eigenvalue weighted by Gasteiger charge is -2.19. The third-order valence-corrected chi connectivity index (χ3v) is 3.36. The van der Waals surface area contributed by atoms with Crippen LogP contribution < -0.4 is 11.1 Å². The Balaban J connectivity index is 2.27. The van der Waals surface area contributed by atoms with Gasteiger partial charge in [0.05, 0.1) is 11.4 Å². The van der Waals surface area contributed by atoms with Gasteiger partial charge in [-0.15, -0.1) is 0 Å². The third-order valence-electron chi connectivity index (χ3n) is 3.36. The molecule has 0 aliphatic heterocycles. The molecule has 0 fully saturated rings. The van der Waals surface area contributed by atoms with Crippen LogP contribution in [0.5, 0.6) is 0 Å². The zero-order chi connectivity index (χ0) is 14.0. The first-order valence-electron chi connectivity index (χ1n) is 6.36. The molecule has 2 rings (SSSR count). The van der Waals surface area contributed by atoms with Crippen LogP contribution >= 0.6 is 0 Å². The summed E-state index contributed by atoms with van der Waals surface area (Å²) in [6.07, 6.45) is 0. The molecule has 0 aliphatic carbocycles. The second-order valence-corrected chi connectivity index (χ2v) is 4.91. The number of nitrogens with one attached hydrogen (secondary N) is 1. The van der Waals surface area contributed by atoms with Crippen molar-refractivity contribution in [2.75, 3.05) is 11.1 Å². The van der Waals surface area contributed by atoms with Gasteiger partial charge in [0, 0.05) is 6.04 Å². The average Bonchev–Trinajstić information content (AvgIpc) is 2.36. The molecule has 0 aliphatic rings. The van der Waals surface area contributed by atoms with Gasteiger partial charge in [0.2, 0.25) is 0 Å². The minimum Gasteiger partial charge on any atom is -0.397 e. The maximum atomic E-state index is 13.4. The van der Waals surface area contributed by atoms with E-state index in [1.54, 1.807) is 13.0 Å². The molecule has 2 aromatic rings. The summed E-state index contributed by atoms with van der Waals surface area (Å²) < 4.78 is 13.4. The molecule has 0 heterocycles. The highest BCUT2D eigenvalue weighted by Crippen LogP contribution is 2.27. The van der Waals surface area contributed by atoms with E-state index in [0.717, 1.165) is 5.69 Å². The Hall–Kier alpha value is -2.03. The Morgan fingerprint density at radius 2 is 1.79 bits per heavy atom. The summed E-state index contributed by atoms with van der Waals surface area (Å²) in [6.45, 7) is 5.88. The maximum absolute atomic E-state index is 13.4. The van der Waals surface area contributed by atoms with Gasteiger partial charge in [0.15, 0.2) is 0 Å². The average molecular weight is 258 g/mol. The highest BCUT2D eigenvalue weighted by Gasteiger charge is 2.11. The molecule has 1 atom stereocenters. The molecule has 2 nitrogen and oxygen atoms in total. The lowest BCUT2D eigenvalue weighted by molar-refractivity contribution is 0.619. The van der Waals surface area contributed by atoms with E-state index < -0.39 is 0 Å². The van der Waals surface area contributed by atoms with Crippen LogP contribution in [0.3, 0.4) is 0 Å². The quantitative estimate of drug-likeness (QED) is 0.810. The first-order valence-corrected chi connectivity index (χ1v) is 6.36. The Morgan fingerprint density at radius 3 is 2.47 bits per heavy atom. The fourth-order valence-electron chi connectivity index (χ4n) is 2.21. The molecule has 0 radical (unpaired) electrons. The van der Waals surface area contributed by atoms with E-state index in [0.29, 0.717) is 11.3 Å². The van der Waals surface area contributed by atoms with Crippen LogP contribution in [-0.4, -0.2) is 0 Å². The second-order valence-electron chi connectivity index (χ2n) is 4.91. The Labute approximate surface area is 113 Å². The Bertz CT molecular complexity index is 593. The van der Waals surface area contributed by atoms with Crippen molar-refractivity contribution in [2.45, 2.75) is 26.8 Å². The predicted octanol–water partition coefficient (Wildman–Crippen LogP) is 4.20. The molecule has 0 amide bonds.